The van der Waals surface area contributed by atoms with E-state index in [-0.39, 0.29) is 0 Å². The molecule has 0 radical (unpaired) electrons. The number of nitrogens with zero attached hydrogens (tertiary/aromatic N) is 2. The van der Waals surface area contributed by atoms with Gasteiger partial charge in [-0.2, -0.15) is 0 Å². The SMILES string of the molecule is CCCCCCCCc1cc(C)c(-n2ccnc2-c2ccccc2)c(C)c1. The van der Waals surface area contributed by atoms with Gasteiger partial charge >= 0.3 is 0 Å². The Bertz CT molecular complexity index is 823. The maximum atomic E-state index is 4.62. The fraction of sp³-hybridized carbons (Fsp3) is 0.400. The second-order valence-corrected chi connectivity index (χ2v) is 7.58. The highest BCUT2D eigenvalue weighted by molar-refractivity contribution is 5.61. The molecule has 142 valence electrons. The van der Waals surface area contributed by atoms with Gasteiger partial charge in [-0.1, -0.05) is 81.5 Å². The zero-order valence-electron chi connectivity index (χ0n) is 17.0. The molecule has 0 amide bonds. The fourth-order valence-electron chi connectivity index (χ4n) is 3.96. The third-order valence-electron chi connectivity index (χ3n) is 5.28. The van der Waals surface area contributed by atoms with Gasteiger partial charge in [0.1, 0.15) is 5.82 Å². The van der Waals surface area contributed by atoms with E-state index in [0.717, 1.165) is 11.4 Å². The molecule has 0 unspecified atom stereocenters. The summed E-state index contributed by atoms with van der Waals surface area (Å²) in [5.41, 5.74) is 6.53. The van der Waals surface area contributed by atoms with E-state index >= 15 is 0 Å². The van der Waals surface area contributed by atoms with E-state index in [0.29, 0.717) is 0 Å². The second kappa shape index (κ2) is 9.55. The minimum Gasteiger partial charge on any atom is -0.299 e. The summed E-state index contributed by atoms with van der Waals surface area (Å²) in [6.07, 6.45) is 13.2. The summed E-state index contributed by atoms with van der Waals surface area (Å²) in [6, 6.07) is 15.2. The Hall–Kier alpha value is -2.35. The van der Waals surface area contributed by atoms with Crippen LogP contribution in [0.4, 0.5) is 0 Å². The second-order valence-electron chi connectivity index (χ2n) is 7.58. The molecule has 0 aliphatic carbocycles. The highest BCUT2D eigenvalue weighted by Gasteiger charge is 2.12. The van der Waals surface area contributed by atoms with Gasteiger partial charge in [-0.3, -0.25) is 4.57 Å². The smallest absolute Gasteiger partial charge is 0.144 e. The van der Waals surface area contributed by atoms with E-state index in [1.807, 2.05) is 12.3 Å². The first-order valence-electron chi connectivity index (χ1n) is 10.4. The maximum absolute atomic E-state index is 4.62. The highest BCUT2D eigenvalue weighted by atomic mass is 15.1. The Kier molecular flexibility index (Phi) is 6.86. The van der Waals surface area contributed by atoms with Crippen molar-refractivity contribution >= 4 is 0 Å². The van der Waals surface area contributed by atoms with Gasteiger partial charge in [0, 0.05) is 18.0 Å². The van der Waals surface area contributed by atoms with Crippen LogP contribution in [0.1, 0.15) is 62.1 Å². The number of aryl methyl sites for hydroxylation is 3. The predicted molar refractivity (Wildman–Crippen MR) is 116 cm³/mol. The van der Waals surface area contributed by atoms with E-state index in [4.69, 9.17) is 0 Å². The molecule has 3 aromatic rings. The highest BCUT2D eigenvalue weighted by Crippen LogP contribution is 2.27. The van der Waals surface area contributed by atoms with Crippen molar-refractivity contribution in [3.05, 3.63) is 71.5 Å². The van der Waals surface area contributed by atoms with Gasteiger partial charge in [0.15, 0.2) is 0 Å². The van der Waals surface area contributed by atoms with Crippen LogP contribution in [0.2, 0.25) is 0 Å². The molecule has 2 heteroatoms. The van der Waals surface area contributed by atoms with Crippen molar-refractivity contribution < 1.29 is 0 Å². The summed E-state index contributed by atoms with van der Waals surface area (Å²) in [5.74, 6) is 1.01. The summed E-state index contributed by atoms with van der Waals surface area (Å²) in [4.78, 5) is 4.62. The van der Waals surface area contributed by atoms with Crippen LogP contribution in [0, 0.1) is 13.8 Å². The van der Waals surface area contributed by atoms with Crippen LogP contribution in [-0.2, 0) is 6.42 Å². The first-order valence-corrected chi connectivity index (χ1v) is 10.4. The maximum Gasteiger partial charge on any atom is 0.144 e. The average Bonchev–Trinajstić information content (AvgIpc) is 3.14. The molecule has 0 saturated carbocycles. The van der Waals surface area contributed by atoms with E-state index in [1.165, 1.54) is 67.3 Å². The number of hydrogen-bond acceptors (Lipinski definition) is 1. The van der Waals surface area contributed by atoms with E-state index in [2.05, 4.69) is 72.9 Å². The molecule has 0 N–H and O–H groups in total. The van der Waals surface area contributed by atoms with Gasteiger partial charge in [-0.15, -0.1) is 0 Å². The molecule has 0 aliphatic rings. The van der Waals surface area contributed by atoms with Crippen molar-refractivity contribution in [2.75, 3.05) is 0 Å². The molecular formula is C25H32N2. The van der Waals surface area contributed by atoms with Crippen molar-refractivity contribution in [3.8, 4) is 17.1 Å². The normalized spacial score (nSPS) is 11.1. The number of unbranched alkanes of at least 4 members (excludes halogenated alkanes) is 5. The minimum absolute atomic E-state index is 1.01. The molecule has 1 heterocycles. The van der Waals surface area contributed by atoms with Crippen LogP contribution in [0.15, 0.2) is 54.9 Å². The lowest BCUT2D eigenvalue weighted by atomic mass is 9.99. The molecule has 3 rings (SSSR count). The van der Waals surface area contributed by atoms with Crippen molar-refractivity contribution in [1.29, 1.82) is 0 Å². The van der Waals surface area contributed by atoms with Crippen molar-refractivity contribution in [1.82, 2.24) is 9.55 Å². The molecular weight excluding hydrogens is 328 g/mol. The molecule has 2 aromatic carbocycles. The van der Waals surface area contributed by atoms with E-state index < -0.39 is 0 Å². The molecule has 0 saturated heterocycles. The zero-order chi connectivity index (χ0) is 19.1. The summed E-state index contributed by atoms with van der Waals surface area (Å²) < 4.78 is 2.23. The molecule has 2 nitrogen and oxygen atoms in total. The Morgan fingerprint density at radius 3 is 2.22 bits per heavy atom. The molecule has 27 heavy (non-hydrogen) atoms. The largest absolute Gasteiger partial charge is 0.299 e. The van der Waals surface area contributed by atoms with Gasteiger partial charge in [-0.05, 0) is 43.4 Å². The van der Waals surface area contributed by atoms with Gasteiger partial charge in [0.2, 0.25) is 0 Å². The zero-order valence-corrected chi connectivity index (χ0v) is 17.0. The Morgan fingerprint density at radius 1 is 0.852 bits per heavy atom. The van der Waals surface area contributed by atoms with Crippen LogP contribution in [-0.4, -0.2) is 9.55 Å². The third-order valence-corrected chi connectivity index (χ3v) is 5.28. The van der Waals surface area contributed by atoms with E-state index in [1.54, 1.807) is 0 Å². The monoisotopic (exact) mass is 360 g/mol. The summed E-state index contributed by atoms with van der Waals surface area (Å²) in [7, 11) is 0. The first-order chi connectivity index (χ1) is 13.2. The quantitative estimate of drug-likeness (QED) is 0.373. The van der Waals surface area contributed by atoms with Crippen molar-refractivity contribution in [3.63, 3.8) is 0 Å². The van der Waals surface area contributed by atoms with Crippen molar-refractivity contribution in [2.24, 2.45) is 0 Å². The molecule has 0 aliphatic heterocycles. The lowest BCUT2D eigenvalue weighted by Crippen LogP contribution is -2.03. The molecule has 0 bridgehead atoms. The number of benzene rings is 2. The fourth-order valence-corrected chi connectivity index (χ4v) is 3.96. The summed E-state index contributed by atoms with van der Waals surface area (Å²) >= 11 is 0. The van der Waals surface area contributed by atoms with Crippen LogP contribution in [0.25, 0.3) is 17.1 Å². The molecule has 1 aromatic heterocycles. The van der Waals surface area contributed by atoms with Crippen molar-refractivity contribution in [2.45, 2.75) is 65.7 Å². The standard InChI is InChI=1S/C25H32N2/c1-4-5-6-7-8-10-13-22-18-20(2)24(21(3)19-22)27-17-16-26-25(27)23-14-11-9-12-15-23/h9,11-12,14-19H,4-8,10,13H2,1-3H3. The number of imidazole rings is 1. The molecule has 0 fully saturated rings. The Balaban J connectivity index is 1.76. The number of aromatic nitrogens is 2. The molecule has 0 atom stereocenters. The van der Waals surface area contributed by atoms with Gasteiger partial charge in [0.25, 0.3) is 0 Å². The van der Waals surface area contributed by atoms with Gasteiger partial charge < -0.3 is 0 Å². The molecule has 0 spiro atoms. The van der Waals surface area contributed by atoms with Gasteiger partial charge in [-0.25, -0.2) is 4.98 Å². The topological polar surface area (TPSA) is 17.8 Å². The Morgan fingerprint density at radius 2 is 1.52 bits per heavy atom. The first kappa shape index (κ1) is 19.4. The van der Waals surface area contributed by atoms with Gasteiger partial charge in [0.05, 0.1) is 5.69 Å². The average molecular weight is 361 g/mol. The van der Waals surface area contributed by atoms with Crippen LogP contribution < -0.4 is 0 Å². The summed E-state index contributed by atoms with van der Waals surface area (Å²) in [5, 5.41) is 0. The third kappa shape index (κ3) is 4.88. The summed E-state index contributed by atoms with van der Waals surface area (Å²) in [6.45, 7) is 6.72. The van der Waals surface area contributed by atoms with Crippen LogP contribution in [0.3, 0.4) is 0 Å². The number of rotatable bonds is 9. The minimum atomic E-state index is 1.01. The van der Waals surface area contributed by atoms with Crippen LogP contribution >= 0.6 is 0 Å². The van der Waals surface area contributed by atoms with Crippen LogP contribution in [0.5, 0.6) is 0 Å². The lowest BCUT2D eigenvalue weighted by molar-refractivity contribution is 0.607. The predicted octanol–water partition coefficient (Wildman–Crippen LogP) is 7.06. The lowest BCUT2D eigenvalue weighted by Gasteiger charge is -2.16. The van der Waals surface area contributed by atoms with E-state index in [9.17, 15) is 0 Å². The Labute approximate surface area is 164 Å². The number of hydrogen-bond donors (Lipinski definition) is 0.